The Labute approximate surface area is 71.0 Å². The predicted octanol–water partition coefficient (Wildman–Crippen LogP) is 0.926. The van der Waals surface area contributed by atoms with Gasteiger partial charge < -0.3 is 10.4 Å². The third-order valence-corrected chi connectivity index (χ3v) is 1.48. The molecule has 0 aliphatic carbocycles. The monoisotopic (exact) mass is 165 g/mol. The fourth-order valence-electron chi connectivity index (χ4n) is 0.837. The molecule has 0 radical (unpaired) electrons. The average Bonchev–Trinajstić information content (AvgIpc) is 2.09. The molecule has 3 heteroatoms. The van der Waals surface area contributed by atoms with E-state index in [9.17, 15) is 4.79 Å². The Bertz CT molecular complexity index is 266. The number of hydrogen-bond donors (Lipinski definition) is 2. The second kappa shape index (κ2) is 3.88. The number of hydrogen-bond acceptors (Lipinski definition) is 2. The molecule has 0 heterocycles. The van der Waals surface area contributed by atoms with Crippen LogP contribution in [0.5, 0.6) is 0 Å². The molecule has 1 rings (SSSR count). The smallest absolute Gasteiger partial charge is 0.250 e. The fourth-order valence-corrected chi connectivity index (χ4v) is 0.837. The Hall–Kier alpha value is -1.35. The van der Waals surface area contributed by atoms with E-state index >= 15 is 0 Å². The summed E-state index contributed by atoms with van der Waals surface area (Å²) in [5.41, 5.74) is 1.84. The van der Waals surface area contributed by atoms with E-state index in [0.717, 1.165) is 5.56 Å². The zero-order valence-electron chi connectivity index (χ0n) is 6.87. The highest BCUT2D eigenvalue weighted by molar-refractivity contribution is 5.91. The normalized spacial score (nSPS) is 9.50. The van der Waals surface area contributed by atoms with Crippen LogP contribution in [0.2, 0.25) is 0 Å². The standard InChI is InChI=1S/C9H11NO2/c1-7-2-4-8(5-3-7)10-9(12)6-11/h2-5,11H,6H2,1H3,(H,10,12). The second-order valence-electron chi connectivity index (χ2n) is 2.57. The van der Waals surface area contributed by atoms with Crippen LogP contribution in [-0.2, 0) is 4.79 Å². The van der Waals surface area contributed by atoms with E-state index in [1.54, 1.807) is 12.1 Å². The molecule has 0 aliphatic heterocycles. The van der Waals surface area contributed by atoms with E-state index in [1.807, 2.05) is 19.1 Å². The van der Waals surface area contributed by atoms with Crippen molar-refractivity contribution >= 4 is 11.6 Å². The molecule has 0 spiro atoms. The lowest BCUT2D eigenvalue weighted by Gasteiger charge is -2.02. The van der Waals surface area contributed by atoms with Crippen molar-refractivity contribution in [3.63, 3.8) is 0 Å². The lowest BCUT2D eigenvalue weighted by atomic mass is 10.2. The molecule has 1 amide bonds. The summed E-state index contributed by atoms with van der Waals surface area (Å²) in [6, 6.07) is 7.38. The van der Waals surface area contributed by atoms with Gasteiger partial charge in [0.15, 0.2) is 0 Å². The molecule has 1 aromatic carbocycles. The number of aliphatic hydroxyl groups excluding tert-OH is 1. The summed E-state index contributed by atoms with van der Waals surface area (Å²) >= 11 is 0. The van der Waals surface area contributed by atoms with E-state index in [0.29, 0.717) is 5.69 Å². The summed E-state index contributed by atoms with van der Waals surface area (Å²) in [4.78, 5) is 10.7. The molecule has 12 heavy (non-hydrogen) atoms. The van der Waals surface area contributed by atoms with Crippen LogP contribution >= 0.6 is 0 Å². The van der Waals surface area contributed by atoms with Gasteiger partial charge in [-0.25, -0.2) is 0 Å². The minimum atomic E-state index is -0.478. The fraction of sp³-hybridized carbons (Fsp3) is 0.222. The molecular weight excluding hydrogens is 154 g/mol. The van der Waals surface area contributed by atoms with Gasteiger partial charge in [0.2, 0.25) is 5.91 Å². The number of amides is 1. The van der Waals surface area contributed by atoms with Gasteiger partial charge in [-0.3, -0.25) is 4.79 Å². The van der Waals surface area contributed by atoms with Gasteiger partial charge in [-0.2, -0.15) is 0 Å². The quantitative estimate of drug-likeness (QED) is 0.684. The second-order valence-corrected chi connectivity index (χ2v) is 2.57. The molecule has 0 atom stereocenters. The summed E-state index contributed by atoms with van der Waals surface area (Å²) in [6.07, 6.45) is 0. The minimum Gasteiger partial charge on any atom is -0.387 e. The van der Waals surface area contributed by atoms with E-state index in [1.165, 1.54) is 0 Å². The van der Waals surface area contributed by atoms with Crippen LogP contribution in [0.3, 0.4) is 0 Å². The van der Waals surface area contributed by atoms with Crippen LogP contribution in [0.4, 0.5) is 5.69 Å². The number of benzene rings is 1. The molecule has 0 unspecified atom stereocenters. The molecule has 64 valence electrons. The van der Waals surface area contributed by atoms with Crippen LogP contribution in [0.25, 0.3) is 0 Å². The van der Waals surface area contributed by atoms with E-state index < -0.39 is 6.61 Å². The van der Waals surface area contributed by atoms with Crippen molar-refractivity contribution in [3.05, 3.63) is 29.8 Å². The first-order valence-corrected chi connectivity index (χ1v) is 3.70. The largest absolute Gasteiger partial charge is 0.387 e. The number of aliphatic hydroxyl groups is 1. The van der Waals surface area contributed by atoms with Gasteiger partial charge in [0, 0.05) is 5.69 Å². The van der Waals surface area contributed by atoms with E-state index in [4.69, 9.17) is 5.11 Å². The zero-order chi connectivity index (χ0) is 8.97. The highest BCUT2D eigenvalue weighted by Crippen LogP contribution is 2.07. The molecule has 3 nitrogen and oxygen atoms in total. The predicted molar refractivity (Wildman–Crippen MR) is 46.9 cm³/mol. The maximum atomic E-state index is 10.7. The SMILES string of the molecule is Cc1ccc(NC(=O)CO)cc1. The Balaban J connectivity index is 2.64. The van der Waals surface area contributed by atoms with Crippen LogP contribution in [0.15, 0.2) is 24.3 Å². The summed E-state index contributed by atoms with van der Waals surface area (Å²) in [5, 5.41) is 11.0. The van der Waals surface area contributed by atoms with Gasteiger partial charge in [-0.05, 0) is 19.1 Å². The molecule has 0 aromatic heterocycles. The molecular formula is C9H11NO2. The number of nitrogens with one attached hydrogen (secondary N) is 1. The Morgan fingerprint density at radius 1 is 1.42 bits per heavy atom. The first kappa shape index (κ1) is 8.74. The third-order valence-electron chi connectivity index (χ3n) is 1.48. The molecule has 0 fully saturated rings. The third kappa shape index (κ3) is 2.36. The Morgan fingerprint density at radius 3 is 2.50 bits per heavy atom. The summed E-state index contributed by atoms with van der Waals surface area (Å²) in [5.74, 6) is -0.390. The lowest BCUT2D eigenvalue weighted by Crippen LogP contribution is -2.15. The molecule has 0 saturated carbocycles. The van der Waals surface area contributed by atoms with Crippen molar-refractivity contribution in [1.82, 2.24) is 0 Å². The Morgan fingerprint density at radius 2 is 2.00 bits per heavy atom. The minimum absolute atomic E-state index is 0.390. The summed E-state index contributed by atoms with van der Waals surface area (Å²) in [7, 11) is 0. The highest BCUT2D eigenvalue weighted by atomic mass is 16.3. The van der Waals surface area contributed by atoms with Gasteiger partial charge >= 0.3 is 0 Å². The number of carbonyl (C=O) groups is 1. The van der Waals surface area contributed by atoms with Gasteiger partial charge in [-0.15, -0.1) is 0 Å². The zero-order valence-corrected chi connectivity index (χ0v) is 6.87. The van der Waals surface area contributed by atoms with Crippen molar-refractivity contribution < 1.29 is 9.90 Å². The van der Waals surface area contributed by atoms with E-state index in [2.05, 4.69) is 5.32 Å². The summed E-state index contributed by atoms with van der Waals surface area (Å²) < 4.78 is 0. The molecule has 0 bridgehead atoms. The molecule has 0 saturated heterocycles. The maximum absolute atomic E-state index is 10.7. The van der Waals surface area contributed by atoms with Gasteiger partial charge in [0.1, 0.15) is 6.61 Å². The van der Waals surface area contributed by atoms with Gasteiger partial charge in [0.05, 0.1) is 0 Å². The van der Waals surface area contributed by atoms with Crippen LogP contribution in [0, 0.1) is 6.92 Å². The molecule has 1 aromatic rings. The van der Waals surface area contributed by atoms with Crippen molar-refractivity contribution in [2.75, 3.05) is 11.9 Å². The van der Waals surface area contributed by atoms with E-state index in [-0.39, 0.29) is 5.91 Å². The first-order valence-electron chi connectivity index (χ1n) is 3.70. The van der Waals surface area contributed by atoms with Crippen LogP contribution < -0.4 is 5.32 Å². The summed E-state index contributed by atoms with van der Waals surface area (Å²) in [6.45, 7) is 1.49. The highest BCUT2D eigenvalue weighted by Gasteiger charge is 1.97. The van der Waals surface area contributed by atoms with Crippen molar-refractivity contribution in [1.29, 1.82) is 0 Å². The van der Waals surface area contributed by atoms with Crippen LogP contribution in [-0.4, -0.2) is 17.6 Å². The number of carbonyl (C=O) groups excluding carboxylic acids is 1. The van der Waals surface area contributed by atoms with Gasteiger partial charge in [0.25, 0.3) is 0 Å². The maximum Gasteiger partial charge on any atom is 0.250 e. The molecule has 2 N–H and O–H groups in total. The van der Waals surface area contributed by atoms with Crippen molar-refractivity contribution in [2.45, 2.75) is 6.92 Å². The Kier molecular flexibility index (Phi) is 2.82. The number of rotatable bonds is 2. The molecule has 0 aliphatic rings. The number of anilines is 1. The number of aryl methyl sites for hydroxylation is 1. The topological polar surface area (TPSA) is 49.3 Å². The van der Waals surface area contributed by atoms with Crippen LogP contribution in [0.1, 0.15) is 5.56 Å². The first-order chi connectivity index (χ1) is 5.72. The lowest BCUT2D eigenvalue weighted by molar-refractivity contribution is -0.118. The average molecular weight is 165 g/mol. The van der Waals surface area contributed by atoms with Gasteiger partial charge in [-0.1, -0.05) is 17.7 Å². The van der Waals surface area contributed by atoms with Crippen molar-refractivity contribution in [2.24, 2.45) is 0 Å². The van der Waals surface area contributed by atoms with Crippen molar-refractivity contribution in [3.8, 4) is 0 Å².